The standard InChI is InChI=1S/C21H17ClN2O2/c1-12(2)19-17(22)18-16(20(25)14-10-6-7-11-15(14)23-18)21(26)24(19)13-8-4-3-5-9-13/h3-12H,1-2H3,(H,23,25). The number of hydrogen-bond acceptors (Lipinski definition) is 2. The average molecular weight is 365 g/mol. The molecule has 2 aromatic heterocycles. The monoisotopic (exact) mass is 364 g/mol. The topological polar surface area (TPSA) is 54.9 Å². The molecule has 2 heterocycles. The van der Waals surface area contributed by atoms with Crippen LogP contribution in [0.2, 0.25) is 5.02 Å². The Morgan fingerprint density at radius 3 is 2.31 bits per heavy atom. The average Bonchev–Trinajstić information content (AvgIpc) is 2.64. The molecular formula is C21H17ClN2O2. The summed E-state index contributed by atoms with van der Waals surface area (Å²) >= 11 is 6.71. The van der Waals surface area contributed by atoms with Crippen molar-refractivity contribution in [3.8, 4) is 5.69 Å². The summed E-state index contributed by atoms with van der Waals surface area (Å²) in [6, 6.07) is 16.4. The van der Waals surface area contributed by atoms with Crippen molar-refractivity contribution in [2.75, 3.05) is 0 Å². The first-order valence-corrected chi connectivity index (χ1v) is 8.83. The third kappa shape index (κ3) is 2.37. The second-order valence-corrected chi connectivity index (χ2v) is 6.96. The Morgan fingerprint density at radius 1 is 0.962 bits per heavy atom. The lowest BCUT2D eigenvalue weighted by Crippen LogP contribution is -2.28. The number of para-hydroxylation sites is 2. The van der Waals surface area contributed by atoms with Crippen LogP contribution in [0, 0.1) is 0 Å². The predicted octanol–water partition coefficient (Wildman–Crippen LogP) is 4.61. The van der Waals surface area contributed by atoms with Crippen molar-refractivity contribution in [1.82, 2.24) is 9.55 Å². The highest BCUT2D eigenvalue weighted by atomic mass is 35.5. The maximum Gasteiger partial charge on any atom is 0.268 e. The number of nitrogens with one attached hydrogen (secondary N) is 1. The Labute approximate surface area is 154 Å². The lowest BCUT2D eigenvalue weighted by molar-refractivity contribution is 0.764. The number of rotatable bonds is 2. The van der Waals surface area contributed by atoms with Crippen LogP contribution >= 0.6 is 11.6 Å². The lowest BCUT2D eigenvalue weighted by Gasteiger charge is -2.19. The van der Waals surface area contributed by atoms with Gasteiger partial charge in [0, 0.05) is 22.3 Å². The fourth-order valence-corrected chi connectivity index (χ4v) is 3.84. The van der Waals surface area contributed by atoms with Gasteiger partial charge in [0.25, 0.3) is 5.56 Å². The molecule has 0 atom stereocenters. The highest BCUT2D eigenvalue weighted by Crippen LogP contribution is 2.30. The molecule has 0 unspecified atom stereocenters. The van der Waals surface area contributed by atoms with Gasteiger partial charge >= 0.3 is 0 Å². The van der Waals surface area contributed by atoms with Crippen LogP contribution in [0.4, 0.5) is 0 Å². The smallest absolute Gasteiger partial charge is 0.268 e. The molecule has 0 saturated carbocycles. The number of nitrogens with zero attached hydrogens (tertiary/aromatic N) is 1. The van der Waals surface area contributed by atoms with Gasteiger partial charge in [0.05, 0.1) is 10.5 Å². The van der Waals surface area contributed by atoms with Crippen LogP contribution in [-0.4, -0.2) is 9.55 Å². The van der Waals surface area contributed by atoms with Gasteiger partial charge in [0.15, 0.2) is 0 Å². The number of benzene rings is 2. The summed E-state index contributed by atoms with van der Waals surface area (Å²) < 4.78 is 1.55. The Balaban J connectivity index is 2.29. The highest BCUT2D eigenvalue weighted by molar-refractivity contribution is 6.36. The Morgan fingerprint density at radius 2 is 1.62 bits per heavy atom. The summed E-state index contributed by atoms with van der Waals surface area (Å²) in [7, 11) is 0. The van der Waals surface area contributed by atoms with Crippen molar-refractivity contribution < 1.29 is 0 Å². The molecule has 4 aromatic rings. The number of fused-ring (bicyclic) bond motifs is 2. The van der Waals surface area contributed by atoms with E-state index in [9.17, 15) is 9.59 Å². The van der Waals surface area contributed by atoms with Crippen LogP contribution in [0.1, 0.15) is 25.5 Å². The van der Waals surface area contributed by atoms with Gasteiger partial charge in [-0.15, -0.1) is 0 Å². The summed E-state index contributed by atoms with van der Waals surface area (Å²) in [6.45, 7) is 3.95. The summed E-state index contributed by atoms with van der Waals surface area (Å²) in [5.41, 5.74) is 1.78. The molecule has 5 heteroatoms. The summed E-state index contributed by atoms with van der Waals surface area (Å²) in [4.78, 5) is 29.6. The van der Waals surface area contributed by atoms with E-state index in [1.807, 2.05) is 56.3 Å². The Kier molecular flexibility index (Phi) is 3.93. The Hall–Kier alpha value is -2.85. The number of hydrogen-bond donors (Lipinski definition) is 1. The second-order valence-electron chi connectivity index (χ2n) is 6.58. The molecule has 0 bridgehead atoms. The molecular weight excluding hydrogens is 348 g/mol. The summed E-state index contributed by atoms with van der Waals surface area (Å²) in [5, 5.41) is 0.966. The van der Waals surface area contributed by atoms with Gasteiger partial charge in [-0.1, -0.05) is 55.8 Å². The van der Waals surface area contributed by atoms with E-state index in [0.29, 0.717) is 32.8 Å². The van der Waals surface area contributed by atoms with Gasteiger partial charge in [0.1, 0.15) is 5.39 Å². The van der Waals surface area contributed by atoms with E-state index in [0.717, 1.165) is 0 Å². The quantitative estimate of drug-likeness (QED) is 0.528. The van der Waals surface area contributed by atoms with Gasteiger partial charge in [0.2, 0.25) is 5.43 Å². The maximum atomic E-state index is 13.4. The van der Waals surface area contributed by atoms with Gasteiger partial charge in [-0.2, -0.15) is 0 Å². The number of pyridine rings is 2. The zero-order valence-corrected chi connectivity index (χ0v) is 15.2. The predicted molar refractivity (Wildman–Crippen MR) is 107 cm³/mol. The largest absolute Gasteiger partial charge is 0.353 e. The molecule has 0 saturated heterocycles. The van der Waals surface area contributed by atoms with Crippen molar-refractivity contribution >= 4 is 33.4 Å². The van der Waals surface area contributed by atoms with Crippen molar-refractivity contribution in [1.29, 1.82) is 0 Å². The molecule has 130 valence electrons. The maximum absolute atomic E-state index is 13.4. The number of H-pyrrole nitrogens is 1. The van der Waals surface area contributed by atoms with Crippen molar-refractivity contribution in [2.24, 2.45) is 0 Å². The van der Waals surface area contributed by atoms with E-state index in [1.165, 1.54) is 0 Å². The molecule has 0 aliphatic rings. The SMILES string of the molecule is CC(C)c1c(Cl)c2[nH]c3ccccc3c(=O)c2c(=O)n1-c1ccccc1. The summed E-state index contributed by atoms with van der Waals surface area (Å²) in [5.74, 6) is -0.00483. The minimum atomic E-state index is -0.355. The minimum Gasteiger partial charge on any atom is -0.353 e. The first kappa shape index (κ1) is 16.6. The molecule has 2 aromatic carbocycles. The zero-order valence-electron chi connectivity index (χ0n) is 14.4. The second kappa shape index (κ2) is 6.15. The van der Waals surface area contributed by atoms with Crippen molar-refractivity contribution in [3.63, 3.8) is 0 Å². The molecule has 0 radical (unpaired) electrons. The van der Waals surface area contributed by atoms with Crippen LogP contribution in [0.5, 0.6) is 0 Å². The van der Waals surface area contributed by atoms with Crippen molar-refractivity contribution in [2.45, 2.75) is 19.8 Å². The highest BCUT2D eigenvalue weighted by Gasteiger charge is 2.22. The van der Waals surface area contributed by atoms with E-state index in [4.69, 9.17) is 11.6 Å². The molecule has 4 nitrogen and oxygen atoms in total. The third-order valence-electron chi connectivity index (χ3n) is 4.57. The lowest BCUT2D eigenvalue weighted by atomic mass is 10.0. The molecule has 0 aliphatic carbocycles. The van der Waals surface area contributed by atoms with Gasteiger partial charge < -0.3 is 4.98 Å². The van der Waals surface area contributed by atoms with Crippen LogP contribution in [0.15, 0.2) is 64.2 Å². The molecule has 0 spiro atoms. The fourth-order valence-electron chi connectivity index (χ4n) is 3.40. The first-order chi connectivity index (χ1) is 12.5. The van der Waals surface area contributed by atoms with Crippen molar-refractivity contribution in [3.05, 3.63) is 85.9 Å². The fraction of sp³-hybridized carbons (Fsp3) is 0.143. The van der Waals surface area contributed by atoms with Crippen LogP contribution in [0.25, 0.3) is 27.5 Å². The number of aromatic amines is 1. The van der Waals surface area contributed by atoms with E-state index in [2.05, 4.69) is 4.98 Å². The van der Waals surface area contributed by atoms with Crippen LogP contribution in [-0.2, 0) is 0 Å². The summed E-state index contributed by atoms with van der Waals surface area (Å²) in [6.07, 6.45) is 0. The molecule has 0 aliphatic heterocycles. The molecule has 26 heavy (non-hydrogen) atoms. The first-order valence-electron chi connectivity index (χ1n) is 8.45. The third-order valence-corrected chi connectivity index (χ3v) is 4.95. The van der Waals surface area contributed by atoms with E-state index < -0.39 is 0 Å². The van der Waals surface area contributed by atoms with E-state index >= 15 is 0 Å². The molecule has 0 amide bonds. The molecule has 1 N–H and O–H groups in total. The number of aromatic nitrogens is 2. The van der Waals surface area contributed by atoms with Gasteiger partial charge in [-0.05, 0) is 30.2 Å². The number of halogens is 1. The van der Waals surface area contributed by atoms with E-state index in [1.54, 1.807) is 16.7 Å². The molecule has 0 fully saturated rings. The minimum absolute atomic E-state index is 0.00483. The van der Waals surface area contributed by atoms with Crippen LogP contribution < -0.4 is 11.0 Å². The normalized spacial score (nSPS) is 11.5. The Bertz CT molecular complexity index is 1250. The van der Waals surface area contributed by atoms with Gasteiger partial charge in [-0.3, -0.25) is 14.2 Å². The van der Waals surface area contributed by atoms with E-state index in [-0.39, 0.29) is 22.3 Å². The molecule has 4 rings (SSSR count). The van der Waals surface area contributed by atoms with Crippen LogP contribution in [0.3, 0.4) is 0 Å². The zero-order chi connectivity index (χ0) is 18.4. The van der Waals surface area contributed by atoms with Gasteiger partial charge in [-0.25, -0.2) is 0 Å².